The van der Waals surface area contributed by atoms with E-state index >= 15 is 0 Å². The van der Waals surface area contributed by atoms with Crippen molar-refractivity contribution in [3.05, 3.63) is 24.3 Å². The van der Waals surface area contributed by atoms with Crippen molar-refractivity contribution < 1.29 is 39.8 Å². The molecule has 9 heteroatoms. The van der Waals surface area contributed by atoms with Crippen LogP contribution in [0.5, 0.6) is 0 Å². The fraction of sp³-hybridized carbons (Fsp3) is 0.921. The van der Waals surface area contributed by atoms with Crippen LogP contribution in [0.2, 0.25) is 0 Å². The number of rotatable bonds is 55. The molecule has 1 fully saturated rings. The molecule has 1 aliphatic rings. The second-order valence-electron chi connectivity index (χ2n) is 22.2. The topological polar surface area (TPSA) is 149 Å². The van der Waals surface area contributed by atoms with E-state index in [1.54, 1.807) is 0 Å². The molecule has 0 aromatic carbocycles. The van der Waals surface area contributed by atoms with Gasteiger partial charge in [-0.15, -0.1) is 0 Å². The van der Waals surface area contributed by atoms with Crippen LogP contribution in [0.25, 0.3) is 0 Å². The highest BCUT2D eigenvalue weighted by atomic mass is 16.7. The standard InChI is InChI=1S/C63H121NO8/c1-3-5-7-9-11-13-15-17-19-21-23-24-25-26-27-28-29-30-31-32-33-34-35-36-38-40-42-44-46-48-50-52-57(66)56(55-71-63-62(70)61(69)60(68)58(54-65)72-63)64-59(67)53-51-49-47-45-43-41-39-37-22-20-18-16-14-12-10-8-6-4-2/h14,16,20,22,56-58,60-63,65-66,68-70H,3-13,15,17-19,21,23-55H2,1-2H3,(H,64,67)/b16-14-,22-20-. The number of unbranched alkanes of at least 4 members (excludes halogenated alkanes) is 41. The Morgan fingerprint density at radius 1 is 0.472 bits per heavy atom. The van der Waals surface area contributed by atoms with Gasteiger partial charge < -0.3 is 40.3 Å². The van der Waals surface area contributed by atoms with Crippen LogP contribution in [0.4, 0.5) is 0 Å². The molecular formula is C63H121NO8. The Balaban J connectivity index is 2.13. The van der Waals surface area contributed by atoms with E-state index in [9.17, 15) is 30.3 Å². The number of amides is 1. The maximum atomic E-state index is 13.1. The number of carbonyl (C=O) groups is 1. The number of hydrogen-bond acceptors (Lipinski definition) is 8. The molecule has 0 spiro atoms. The lowest BCUT2D eigenvalue weighted by Gasteiger charge is -2.40. The van der Waals surface area contributed by atoms with Crippen LogP contribution in [-0.2, 0) is 14.3 Å². The van der Waals surface area contributed by atoms with Gasteiger partial charge in [0.15, 0.2) is 6.29 Å². The molecule has 0 aromatic rings. The summed E-state index contributed by atoms with van der Waals surface area (Å²) in [5.41, 5.74) is 0. The molecule has 9 nitrogen and oxygen atoms in total. The Kier molecular flexibility index (Phi) is 50.6. The number of carbonyl (C=O) groups excluding carboxylic acids is 1. The predicted octanol–water partition coefficient (Wildman–Crippen LogP) is 16.1. The molecule has 1 aliphatic heterocycles. The van der Waals surface area contributed by atoms with Gasteiger partial charge in [-0.05, 0) is 44.9 Å². The van der Waals surface area contributed by atoms with Crippen LogP contribution in [0, 0.1) is 0 Å². The Morgan fingerprint density at radius 2 is 0.819 bits per heavy atom. The van der Waals surface area contributed by atoms with Crippen LogP contribution >= 0.6 is 0 Å². The lowest BCUT2D eigenvalue weighted by Crippen LogP contribution is -2.60. The molecule has 0 aliphatic carbocycles. The van der Waals surface area contributed by atoms with Crippen LogP contribution in [0.15, 0.2) is 24.3 Å². The van der Waals surface area contributed by atoms with Gasteiger partial charge in [0, 0.05) is 6.42 Å². The average Bonchev–Trinajstić information content (AvgIpc) is 3.38. The Hall–Kier alpha value is -1.33. The monoisotopic (exact) mass is 1020 g/mol. The van der Waals surface area contributed by atoms with Crippen molar-refractivity contribution >= 4 is 5.91 Å². The number of hydrogen-bond donors (Lipinski definition) is 6. The average molecular weight is 1020 g/mol. The molecule has 0 radical (unpaired) electrons. The maximum Gasteiger partial charge on any atom is 0.220 e. The van der Waals surface area contributed by atoms with Crippen molar-refractivity contribution in [1.82, 2.24) is 5.32 Å². The summed E-state index contributed by atoms with van der Waals surface area (Å²) in [5, 5.41) is 54.8. The first kappa shape index (κ1) is 68.7. The Morgan fingerprint density at radius 3 is 1.21 bits per heavy atom. The summed E-state index contributed by atoms with van der Waals surface area (Å²) >= 11 is 0. The molecule has 0 bridgehead atoms. The normalized spacial score (nSPS) is 19.2. The zero-order chi connectivity index (χ0) is 52.2. The summed E-state index contributed by atoms with van der Waals surface area (Å²) in [6, 6.07) is -0.723. The second kappa shape index (κ2) is 53.1. The first-order valence-corrected chi connectivity index (χ1v) is 31.5. The summed E-state index contributed by atoms with van der Waals surface area (Å²) in [5.74, 6) is -0.148. The molecule has 6 N–H and O–H groups in total. The number of aliphatic hydroxyl groups excluding tert-OH is 5. The number of ether oxygens (including phenoxy) is 2. The lowest BCUT2D eigenvalue weighted by atomic mass is 9.99. The zero-order valence-corrected chi connectivity index (χ0v) is 47.5. The highest BCUT2D eigenvalue weighted by Gasteiger charge is 2.44. The second-order valence-corrected chi connectivity index (χ2v) is 22.2. The van der Waals surface area contributed by atoms with Crippen LogP contribution in [0.3, 0.4) is 0 Å². The van der Waals surface area contributed by atoms with Gasteiger partial charge in [-0.2, -0.15) is 0 Å². The van der Waals surface area contributed by atoms with E-state index in [2.05, 4.69) is 43.5 Å². The highest BCUT2D eigenvalue weighted by molar-refractivity contribution is 5.76. The number of nitrogens with one attached hydrogen (secondary N) is 1. The van der Waals surface area contributed by atoms with E-state index in [1.807, 2.05) is 0 Å². The largest absolute Gasteiger partial charge is 0.394 e. The van der Waals surface area contributed by atoms with Gasteiger partial charge in [-0.1, -0.05) is 289 Å². The third-order valence-electron chi connectivity index (χ3n) is 15.3. The Labute approximate surface area is 445 Å². The van der Waals surface area contributed by atoms with E-state index < -0.39 is 49.5 Å². The van der Waals surface area contributed by atoms with E-state index in [0.717, 1.165) is 51.4 Å². The van der Waals surface area contributed by atoms with Crippen molar-refractivity contribution in [2.75, 3.05) is 13.2 Å². The van der Waals surface area contributed by atoms with E-state index in [4.69, 9.17) is 9.47 Å². The minimum absolute atomic E-state index is 0.139. The quantitative estimate of drug-likeness (QED) is 0.0261. The van der Waals surface area contributed by atoms with Crippen molar-refractivity contribution in [1.29, 1.82) is 0 Å². The Bertz CT molecular complexity index is 1180. The van der Waals surface area contributed by atoms with Gasteiger partial charge in [-0.25, -0.2) is 0 Å². The fourth-order valence-corrected chi connectivity index (χ4v) is 10.3. The van der Waals surface area contributed by atoms with E-state index in [-0.39, 0.29) is 12.5 Å². The SMILES string of the molecule is CCCCCC/C=C\C/C=C\CCCCCCCCCC(=O)NC(COC1OC(CO)C(O)C(O)C1O)C(O)CCCCCCCCCCCCCCCCCCCCCCCCCCCCCCCCC. The van der Waals surface area contributed by atoms with Gasteiger partial charge >= 0.3 is 0 Å². The summed E-state index contributed by atoms with van der Waals surface area (Å²) in [4.78, 5) is 13.1. The van der Waals surface area contributed by atoms with Crippen molar-refractivity contribution in [2.24, 2.45) is 0 Å². The molecule has 7 unspecified atom stereocenters. The van der Waals surface area contributed by atoms with E-state index in [0.29, 0.717) is 12.8 Å². The van der Waals surface area contributed by atoms with Gasteiger partial charge in [0.05, 0.1) is 25.4 Å². The first-order chi connectivity index (χ1) is 35.3. The number of allylic oxidation sites excluding steroid dienone is 4. The predicted molar refractivity (Wildman–Crippen MR) is 304 cm³/mol. The van der Waals surface area contributed by atoms with Gasteiger partial charge in [-0.3, -0.25) is 4.79 Å². The molecule has 7 atom stereocenters. The van der Waals surface area contributed by atoms with E-state index in [1.165, 1.54) is 238 Å². The summed E-state index contributed by atoms with van der Waals surface area (Å²) in [6.07, 6.45) is 60.8. The maximum absolute atomic E-state index is 13.1. The van der Waals surface area contributed by atoms with Crippen LogP contribution in [-0.4, -0.2) is 87.5 Å². The van der Waals surface area contributed by atoms with Gasteiger partial charge in [0.2, 0.25) is 5.91 Å². The molecule has 1 rings (SSSR count). The van der Waals surface area contributed by atoms with Gasteiger partial charge in [0.25, 0.3) is 0 Å². The number of aliphatic hydroxyl groups is 5. The van der Waals surface area contributed by atoms with Crippen LogP contribution in [0.1, 0.15) is 316 Å². The molecule has 426 valence electrons. The lowest BCUT2D eigenvalue weighted by molar-refractivity contribution is -0.302. The third kappa shape index (κ3) is 41.9. The fourth-order valence-electron chi connectivity index (χ4n) is 10.3. The molecule has 1 heterocycles. The molecule has 0 aromatic heterocycles. The van der Waals surface area contributed by atoms with Crippen molar-refractivity contribution in [3.8, 4) is 0 Å². The smallest absolute Gasteiger partial charge is 0.220 e. The minimum Gasteiger partial charge on any atom is -0.394 e. The van der Waals surface area contributed by atoms with Crippen molar-refractivity contribution in [2.45, 2.75) is 358 Å². The van der Waals surface area contributed by atoms with Gasteiger partial charge in [0.1, 0.15) is 24.4 Å². The molecular weight excluding hydrogens is 899 g/mol. The van der Waals surface area contributed by atoms with Crippen molar-refractivity contribution in [3.63, 3.8) is 0 Å². The molecule has 1 saturated heterocycles. The highest BCUT2D eigenvalue weighted by Crippen LogP contribution is 2.23. The molecule has 1 amide bonds. The molecule has 0 saturated carbocycles. The van der Waals surface area contributed by atoms with Crippen LogP contribution < -0.4 is 5.32 Å². The summed E-state index contributed by atoms with van der Waals surface area (Å²) in [7, 11) is 0. The zero-order valence-electron chi connectivity index (χ0n) is 47.5. The first-order valence-electron chi connectivity index (χ1n) is 31.5. The summed E-state index contributed by atoms with van der Waals surface area (Å²) in [6.45, 7) is 3.86. The summed E-state index contributed by atoms with van der Waals surface area (Å²) < 4.78 is 11.3. The third-order valence-corrected chi connectivity index (χ3v) is 15.3. The minimum atomic E-state index is -1.55. The molecule has 72 heavy (non-hydrogen) atoms.